The van der Waals surface area contributed by atoms with E-state index < -0.39 is 0 Å². The Hall–Kier alpha value is 1.60. The fraction of sp³-hybridized carbons (Fsp3) is 1.00. The normalized spacial score (nSPS) is 13.9. The Kier molecular flexibility index (Phi) is 9.66. The molecule has 0 aliphatic carbocycles. The van der Waals surface area contributed by atoms with Crippen molar-refractivity contribution in [1.82, 2.24) is 0 Å². The summed E-state index contributed by atoms with van der Waals surface area (Å²) >= 11 is 0. The van der Waals surface area contributed by atoms with Crippen LogP contribution in [0.15, 0.2) is 0 Å². The molecule has 1 nitrogen and oxygen atoms in total. The van der Waals surface area contributed by atoms with Crippen molar-refractivity contribution in [2.75, 3.05) is 0 Å². The van der Waals surface area contributed by atoms with Crippen LogP contribution in [0.1, 0.15) is 47.0 Å². The third-order valence-electron chi connectivity index (χ3n) is 1.79. The molecule has 0 aliphatic rings. The monoisotopic (exact) mass is 182 g/mol. The van der Waals surface area contributed by atoms with Crippen LogP contribution in [0.25, 0.3) is 0 Å². The van der Waals surface area contributed by atoms with E-state index in [0.29, 0.717) is 0 Å². The van der Waals surface area contributed by atoms with E-state index in [1.54, 1.807) is 0 Å². The fourth-order valence-electron chi connectivity index (χ4n) is 0.823. The zero-order chi connectivity index (χ0) is 8.20. The maximum absolute atomic E-state index is 11.3. The Morgan fingerprint density at radius 1 is 1.27 bits per heavy atom. The smallest absolute Gasteiger partial charge is 0.852 e. The van der Waals surface area contributed by atoms with E-state index in [1.807, 2.05) is 20.8 Å². The van der Waals surface area contributed by atoms with Crippen LogP contribution in [0, 0.1) is 5.41 Å². The van der Waals surface area contributed by atoms with Gasteiger partial charge in [0, 0.05) is 0 Å². The Morgan fingerprint density at radius 2 is 1.73 bits per heavy atom. The standard InChI is InChI=1S/C9H19O.K/c1-5-6-7-8(10)9(2,3)4;/h8H,5-7H2,1-4H3;/q-1;+1. The van der Waals surface area contributed by atoms with Crippen molar-refractivity contribution in [3.8, 4) is 0 Å². The van der Waals surface area contributed by atoms with Crippen molar-refractivity contribution in [2.45, 2.75) is 53.1 Å². The van der Waals surface area contributed by atoms with Crippen molar-refractivity contribution in [3.63, 3.8) is 0 Å². The Morgan fingerprint density at radius 3 is 2.00 bits per heavy atom. The number of rotatable bonds is 3. The minimum absolute atomic E-state index is 0. The summed E-state index contributed by atoms with van der Waals surface area (Å²) in [5, 5.41) is 11.3. The van der Waals surface area contributed by atoms with E-state index in [4.69, 9.17) is 0 Å². The number of unbranched alkanes of at least 4 members (excludes halogenated alkanes) is 1. The average Bonchev–Trinajstić information content (AvgIpc) is 1.80. The van der Waals surface area contributed by atoms with Crippen molar-refractivity contribution in [3.05, 3.63) is 0 Å². The molecule has 1 unspecified atom stereocenters. The molecule has 0 aromatic carbocycles. The first-order valence-corrected chi connectivity index (χ1v) is 4.14. The van der Waals surface area contributed by atoms with Gasteiger partial charge in [0.2, 0.25) is 0 Å². The molecule has 0 fully saturated rings. The summed E-state index contributed by atoms with van der Waals surface area (Å²) in [7, 11) is 0. The maximum Gasteiger partial charge on any atom is 1.00 e. The van der Waals surface area contributed by atoms with Gasteiger partial charge < -0.3 is 5.11 Å². The zero-order valence-corrected chi connectivity index (χ0v) is 11.7. The first-order chi connectivity index (χ1) is 4.48. The third-order valence-corrected chi connectivity index (χ3v) is 1.79. The van der Waals surface area contributed by atoms with Crippen LogP contribution < -0.4 is 56.5 Å². The van der Waals surface area contributed by atoms with Crippen LogP contribution in [0.5, 0.6) is 0 Å². The molecule has 0 rings (SSSR count). The van der Waals surface area contributed by atoms with E-state index in [0.717, 1.165) is 19.3 Å². The van der Waals surface area contributed by atoms with E-state index >= 15 is 0 Å². The van der Waals surface area contributed by atoms with Gasteiger partial charge in [-0.2, -0.15) is 0 Å². The van der Waals surface area contributed by atoms with E-state index in [2.05, 4.69) is 6.92 Å². The van der Waals surface area contributed by atoms with Gasteiger partial charge in [0.15, 0.2) is 0 Å². The van der Waals surface area contributed by atoms with Crippen LogP contribution in [-0.2, 0) is 0 Å². The third kappa shape index (κ3) is 7.94. The molecular weight excluding hydrogens is 163 g/mol. The van der Waals surface area contributed by atoms with Gasteiger partial charge in [-0.25, -0.2) is 0 Å². The van der Waals surface area contributed by atoms with Crippen molar-refractivity contribution in [1.29, 1.82) is 0 Å². The molecule has 0 N–H and O–H groups in total. The summed E-state index contributed by atoms with van der Waals surface area (Å²) in [5.74, 6) is 0. The summed E-state index contributed by atoms with van der Waals surface area (Å²) in [6.07, 6.45) is 2.66. The molecule has 62 valence electrons. The molecule has 0 aromatic heterocycles. The topological polar surface area (TPSA) is 23.1 Å². The molecule has 0 aliphatic heterocycles. The van der Waals surface area contributed by atoms with Gasteiger partial charge in [0.05, 0.1) is 0 Å². The predicted molar refractivity (Wildman–Crippen MR) is 42.8 cm³/mol. The minimum atomic E-state index is -0.382. The molecule has 0 amide bonds. The molecular formula is C9H19KO. The first-order valence-electron chi connectivity index (χ1n) is 4.14. The van der Waals surface area contributed by atoms with Gasteiger partial charge >= 0.3 is 51.4 Å². The van der Waals surface area contributed by atoms with Crippen LogP contribution in [0.2, 0.25) is 0 Å². The van der Waals surface area contributed by atoms with Gasteiger partial charge in [0.25, 0.3) is 0 Å². The molecule has 0 spiro atoms. The number of hydrogen-bond acceptors (Lipinski definition) is 1. The van der Waals surface area contributed by atoms with Crippen molar-refractivity contribution in [2.24, 2.45) is 5.41 Å². The van der Waals surface area contributed by atoms with Crippen LogP contribution in [-0.4, -0.2) is 6.10 Å². The molecule has 0 heterocycles. The second kappa shape index (κ2) is 7.04. The average molecular weight is 182 g/mol. The van der Waals surface area contributed by atoms with E-state index in [9.17, 15) is 5.11 Å². The van der Waals surface area contributed by atoms with Gasteiger partial charge in [-0.05, 0) is 0 Å². The predicted octanol–water partition coefficient (Wildman–Crippen LogP) is -1.04. The molecule has 0 aromatic rings. The Balaban J connectivity index is 0. The maximum atomic E-state index is 11.3. The first kappa shape index (κ1) is 15.1. The SMILES string of the molecule is CCCCC([O-])C(C)(C)C.[K+]. The van der Waals surface area contributed by atoms with Crippen LogP contribution in [0.4, 0.5) is 0 Å². The van der Waals surface area contributed by atoms with Crippen molar-refractivity contribution >= 4 is 0 Å². The molecule has 11 heavy (non-hydrogen) atoms. The van der Waals surface area contributed by atoms with Gasteiger partial charge in [-0.15, -0.1) is 6.10 Å². The summed E-state index contributed by atoms with van der Waals surface area (Å²) in [4.78, 5) is 0. The second-order valence-electron chi connectivity index (χ2n) is 4.00. The summed E-state index contributed by atoms with van der Waals surface area (Å²) < 4.78 is 0. The zero-order valence-electron chi connectivity index (χ0n) is 8.61. The van der Waals surface area contributed by atoms with Crippen LogP contribution in [0.3, 0.4) is 0 Å². The van der Waals surface area contributed by atoms with Gasteiger partial charge in [-0.1, -0.05) is 52.4 Å². The van der Waals surface area contributed by atoms with Crippen molar-refractivity contribution < 1.29 is 56.5 Å². The molecule has 0 saturated heterocycles. The molecule has 2 heteroatoms. The molecule has 0 radical (unpaired) electrons. The van der Waals surface area contributed by atoms with Crippen LogP contribution >= 0.6 is 0 Å². The minimum Gasteiger partial charge on any atom is -0.852 e. The second-order valence-corrected chi connectivity index (χ2v) is 4.00. The Labute approximate surface area is 113 Å². The molecule has 0 bridgehead atoms. The quantitative estimate of drug-likeness (QED) is 0.511. The summed E-state index contributed by atoms with van der Waals surface area (Å²) in [6, 6.07) is 0. The van der Waals surface area contributed by atoms with E-state index in [-0.39, 0.29) is 62.9 Å². The summed E-state index contributed by atoms with van der Waals surface area (Å²) in [6.45, 7) is 8.16. The number of hydrogen-bond donors (Lipinski definition) is 0. The van der Waals surface area contributed by atoms with Gasteiger partial charge in [-0.3, -0.25) is 0 Å². The molecule has 1 atom stereocenters. The fourth-order valence-corrected chi connectivity index (χ4v) is 0.823. The Bertz CT molecular complexity index is 86.1. The molecule has 0 saturated carbocycles. The largest absolute Gasteiger partial charge is 1.00 e. The van der Waals surface area contributed by atoms with Gasteiger partial charge in [0.1, 0.15) is 0 Å². The van der Waals surface area contributed by atoms with E-state index in [1.165, 1.54) is 0 Å². The summed E-state index contributed by atoms with van der Waals surface area (Å²) in [5.41, 5.74) is -0.0465.